The summed E-state index contributed by atoms with van der Waals surface area (Å²) in [5, 5.41) is 0. The molecule has 1 amide bonds. The lowest BCUT2D eigenvalue weighted by Gasteiger charge is -2.10. The fraction of sp³-hybridized carbons (Fsp3) is 0.0556. The van der Waals surface area contributed by atoms with Crippen LogP contribution in [0.1, 0.15) is 16.1 Å². The van der Waals surface area contributed by atoms with Gasteiger partial charge < -0.3 is 0 Å². The van der Waals surface area contributed by atoms with Crippen molar-refractivity contribution in [2.24, 2.45) is 0 Å². The first-order valence-corrected chi connectivity index (χ1v) is 7.71. The molecule has 0 aliphatic heterocycles. The van der Waals surface area contributed by atoms with Crippen LogP contribution < -0.4 is 5.43 Å². The minimum absolute atomic E-state index is 0.286. The maximum Gasteiger partial charge on any atom is 0.273 e. The number of fused-ring (bicyclic) bond motifs is 1. The number of nitrogens with zero attached hydrogens (tertiary/aromatic N) is 5. The van der Waals surface area contributed by atoms with Gasteiger partial charge in [0.15, 0.2) is 5.82 Å². The summed E-state index contributed by atoms with van der Waals surface area (Å²) in [7, 11) is 0. The number of amides is 1. The van der Waals surface area contributed by atoms with E-state index < -0.39 is 0 Å². The summed E-state index contributed by atoms with van der Waals surface area (Å²) in [6.07, 6.45) is 6.67. The van der Waals surface area contributed by atoms with Gasteiger partial charge in [0.2, 0.25) is 0 Å². The van der Waals surface area contributed by atoms with Crippen LogP contribution in [0.3, 0.4) is 0 Å². The van der Waals surface area contributed by atoms with Gasteiger partial charge in [0.05, 0.1) is 22.3 Å². The normalized spacial score (nSPS) is 10.8. The van der Waals surface area contributed by atoms with Crippen molar-refractivity contribution >= 4 is 16.9 Å². The number of aryl methyl sites for hydroxylation is 1. The average molecular weight is 330 g/mol. The summed E-state index contributed by atoms with van der Waals surface area (Å²) < 4.78 is 1.64. The number of aromatic nitrogens is 5. The predicted octanol–water partition coefficient (Wildman–Crippen LogP) is 2.58. The molecule has 7 heteroatoms. The number of nitrogens with one attached hydrogen (secondary N) is 1. The van der Waals surface area contributed by atoms with Crippen molar-refractivity contribution in [3.05, 3.63) is 72.4 Å². The number of pyridine rings is 2. The first-order valence-electron chi connectivity index (χ1n) is 7.71. The second kappa shape index (κ2) is 6.12. The molecule has 0 aliphatic carbocycles. The molecular weight excluding hydrogens is 316 g/mol. The molecule has 0 spiro atoms. The van der Waals surface area contributed by atoms with E-state index in [9.17, 15) is 4.79 Å². The number of carbonyl (C=O) groups is 1. The molecular formula is C18H14N6O. The van der Waals surface area contributed by atoms with E-state index in [0.717, 1.165) is 11.0 Å². The van der Waals surface area contributed by atoms with Gasteiger partial charge in [-0.3, -0.25) is 24.9 Å². The zero-order valence-electron chi connectivity index (χ0n) is 13.4. The van der Waals surface area contributed by atoms with Crippen LogP contribution >= 0.6 is 0 Å². The molecule has 0 radical (unpaired) electrons. The molecule has 7 nitrogen and oxygen atoms in total. The molecule has 0 fully saturated rings. The molecule has 4 rings (SSSR count). The van der Waals surface area contributed by atoms with Gasteiger partial charge in [-0.1, -0.05) is 6.07 Å². The van der Waals surface area contributed by atoms with Crippen LogP contribution in [0, 0.1) is 6.92 Å². The Morgan fingerprint density at radius 1 is 1.04 bits per heavy atom. The Labute approximate surface area is 143 Å². The van der Waals surface area contributed by atoms with E-state index in [2.05, 4.69) is 25.4 Å². The van der Waals surface area contributed by atoms with E-state index >= 15 is 0 Å². The third kappa shape index (κ3) is 2.83. The van der Waals surface area contributed by atoms with Crippen molar-refractivity contribution in [2.45, 2.75) is 6.92 Å². The third-order valence-corrected chi connectivity index (χ3v) is 3.80. The van der Waals surface area contributed by atoms with Crippen LogP contribution in [-0.4, -0.2) is 30.5 Å². The van der Waals surface area contributed by atoms with E-state index in [1.54, 1.807) is 30.2 Å². The molecule has 0 bridgehead atoms. The van der Waals surface area contributed by atoms with Crippen LogP contribution in [0.15, 0.2) is 61.2 Å². The van der Waals surface area contributed by atoms with Crippen LogP contribution in [0.5, 0.6) is 0 Å². The topological polar surface area (TPSA) is 85.6 Å². The van der Waals surface area contributed by atoms with E-state index in [0.29, 0.717) is 22.8 Å². The van der Waals surface area contributed by atoms with Crippen LogP contribution in [0.25, 0.3) is 22.6 Å². The maximum atomic E-state index is 12.6. The van der Waals surface area contributed by atoms with Crippen molar-refractivity contribution in [2.75, 3.05) is 5.43 Å². The minimum atomic E-state index is -0.286. The van der Waals surface area contributed by atoms with Crippen molar-refractivity contribution in [1.82, 2.24) is 24.6 Å². The molecule has 4 aromatic rings. The Morgan fingerprint density at radius 3 is 2.72 bits per heavy atom. The Balaban J connectivity index is 1.62. The van der Waals surface area contributed by atoms with E-state index in [1.807, 2.05) is 36.4 Å². The van der Waals surface area contributed by atoms with Gasteiger partial charge in [-0.05, 0) is 37.3 Å². The quantitative estimate of drug-likeness (QED) is 0.624. The largest absolute Gasteiger partial charge is 0.273 e. The van der Waals surface area contributed by atoms with Gasteiger partial charge in [0.25, 0.3) is 5.91 Å². The Morgan fingerprint density at radius 2 is 1.92 bits per heavy atom. The molecule has 4 aromatic heterocycles. The monoisotopic (exact) mass is 330 g/mol. The number of carbonyl (C=O) groups excluding carboxylic acids is 1. The van der Waals surface area contributed by atoms with Crippen molar-refractivity contribution in [3.8, 4) is 11.5 Å². The predicted molar refractivity (Wildman–Crippen MR) is 93.4 cm³/mol. The van der Waals surface area contributed by atoms with Gasteiger partial charge >= 0.3 is 0 Å². The average Bonchev–Trinajstić information content (AvgIpc) is 3.05. The second-order valence-corrected chi connectivity index (χ2v) is 5.44. The molecule has 4 heterocycles. The van der Waals surface area contributed by atoms with Gasteiger partial charge in [0, 0.05) is 24.8 Å². The van der Waals surface area contributed by atoms with E-state index in [1.165, 1.54) is 6.20 Å². The standard InChI is InChI=1S/C18H14N6O/c1-12-13(11-21-17(22-12)15-5-2-3-8-20-15)18(25)23-24-10-7-14-16(24)6-4-9-19-14/h2-11H,1H3,(H,23,25). The van der Waals surface area contributed by atoms with Gasteiger partial charge in [0.1, 0.15) is 5.69 Å². The highest BCUT2D eigenvalue weighted by molar-refractivity contribution is 6.01. The molecule has 1 N–H and O–H groups in total. The summed E-state index contributed by atoms with van der Waals surface area (Å²) >= 11 is 0. The number of hydrogen-bond donors (Lipinski definition) is 1. The fourth-order valence-corrected chi connectivity index (χ4v) is 2.54. The highest BCUT2D eigenvalue weighted by Crippen LogP contribution is 2.15. The maximum absolute atomic E-state index is 12.6. The zero-order valence-corrected chi connectivity index (χ0v) is 13.4. The molecule has 0 saturated heterocycles. The summed E-state index contributed by atoms with van der Waals surface area (Å²) in [6.45, 7) is 1.78. The molecule has 25 heavy (non-hydrogen) atoms. The van der Waals surface area contributed by atoms with Crippen molar-refractivity contribution in [3.63, 3.8) is 0 Å². The van der Waals surface area contributed by atoms with E-state index in [4.69, 9.17) is 0 Å². The van der Waals surface area contributed by atoms with Crippen LogP contribution in [0.4, 0.5) is 0 Å². The molecule has 0 aromatic carbocycles. The van der Waals surface area contributed by atoms with Gasteiger partial charge in [-0.15, -0.1) is 0 Å². The molecule has 0 aliphatic rings. The lowest BCUT2D eigenvalue weighted by atomic mass is 10.2. The van der Waals surface area contributed by atoms with E-state index in [-0.39, 0.29) is 5.91 Å². The summed E-state index contributed by atoms with van der Waals surface area (Å²) in [5.41, 5.74) is 6.11. The molecule has 122 valence electrons. The van der Waals surface area contributed by atoms with Crippen molar-refractivity contribution in [1.29, 1.82) is 0 Å². The van der Waals surface area contributed by atoms with Crippen LogP contribution in [0.2, 0.25) is 0 Å². The van der Waals surface area contributed by atoms with Crippen molar-refractivity contribution < 1.29 is 4.79 Å². The van der Waals surface area contributed by atoms with Crippen LogP contribution in [-0.2, 0) is 0 Å². The second-order valence-electron chi connectivity index (χ2n) is 5.44. The fourth-order valence-electron chi connectivity index (χ4n) is 2.54. The Kier molecular flexibility index (Phi) is 3.66. The minimum Gasteiger partial charge on any atom is -0.267 e. The molecule has 0 unspecified atom stereocenters. The smallest absolute Gasteiger partial charge is 0.267 e. The van der Waals surface area contributed by atoms with Gasteiger partial charge in [-0.25, -0.2) is 9.97 Å². The zero-order chi connectivity index (χ0) is 17.2. The third-order valence-electron chi connectivity index (χ3n) is 3.80. The van der Waals surface area contributed by atoms with Gasteiger partial charge in [-0.2, -0.15) is 0 Å². The Bertz CT molecular complexity index is 1060. The highest BCUT2D eigenvalue weighted by Gasteiger charge is 2.14. The first kappa shape index (κ1) is 14.9. The molecule has 0 atom stereocenters. The number of rotatable bonds is 3. The number of hydrogen-bond acceptors (Lipinski definition) is 5. The lowest BCUT2D eigenvalue weighted by Crippen LogP contribution is -2.23. The summed E-state index contributed by atoms with van der Waals surface area (Å²) in [4.78, 5) is 29.7. The first-order chi connectivity index (χ1) is 12.2. The molecule has 0 saturated carbocycles. The Hall–Kier alpha value is -3.61. The lowest BCUT2D eigenvalue weighted by molar-refractivity contribution is 0.101. The summed E-state index contributed by atoms with van der Waals surface area (Å²) in [5.74, 6) is 0.205. The SMILES string of the molecule is Cc1nc(-c2ccccn2)ncc1C(=O)Nn1ccc2ncccc21. The highest BCUT2D eigenvalue weighted by atomic mass is 16.2. The summed E-state index contributed by atoms with van der Waals surface area (Å²) in [6, 6.07) is 11.1.